The van der Waals surface area contributed by atoms with Crippen molar-refractivity contribution in [1.29, 1.82) is 0 Å². The first kappa shape index (κ1) is 18.2. The molecule has 22 heavy (non-hydrogen) atoms. The Kier molecular flexibility index (Phi) is 7.67. The van der Waals surface area contributed by atoms with E-state index >= 15 is 0 Å². The Morgan fingerprint density at radius 3 is 2.77 bits per heavy atom. The molecule has 1 unspecified atom stereocenters. The fourth-order valence-corrected chi connectivity index (χ4v) is 2.22. The number of nitrogens with zero attached hydrogens (tertiary/aromatic N) is 1. The molecule has 0 fully saturated rings. The molecule has 4 heteroatoms. The van der Waals surface area contributed by atoms with Crippen molar-refractivity contribution in [2.75, 3.05) is 31.6 Å². The van der Waals surface area contributed by atoms with Gasteiger partial charge in [-0.25, -0.2) is 0 Å². The molecule has 1 aromatic rings. The number of anilines is 1. The number of benzene rings is 1. The number of amides is 1. The van der Waals surface area contributed by atoms with E-state index in [4.69, 9.17) is 4.74 Å². The summed E-state index contributed by atoms with van der Waals surface area (Å²) in [5.41, 5.74) is 3.19. The van der Waals surface area contributed by atoms with Crippen LogP contribution in [-0.4, -0.2) is 38.8 Å². The minimum Gasteiger partial charge on any atom is -0.377 e. The highest BCUT2D eigenvalue weighted by Crippen LogP contribution is 2.22. The number of rotatable bonds is 9. The molecule has 0 radical (unpaired) electrons. The van der Waals surface area contributed by atoms with Gasteiger partial charge in [0.2, 0.25) is 5.91 Å². The average Bonchev–Trinajstić information content (AvgIpc) is 2.52. The molecule has 0 aliphatic carbocycles. The van der Waals surface area contributed by atoms with E-state index in [0.29, 0.717) is 19.6 Å². The van der Waals surface area contributed by atoms with Crippen LogP contribution in [-0.2, 0) is 16.0 Å². The van der Waals surface area contributed by atoms with Crippen molar-refractivity contribution in [3.8, 4) is 0 Å². The summed E-state index contributed by atoms with van der Waals surface area (Å²) in [6.07, 6.45) is 2.26. The molecular formula is C18H28N2O2. The number of carbonyl (C=O) groups is 1. The van der Waals surface area contributed by atoms with Crippen LogP contribution < -0.4 is 10.2 Å². The summed E-state index contributed by atoms with van der Waals surface area (Å²) >= 11 is 0. The zero-order valence-electron chi connectivity index (χ0n) is 14.2. The summed E-state index contributed by atoms with van der Waals surface area (Å²) in [5.74, 6) is 0.0167. The van der Waals surface area contributed by atoms with E-state index in [0.717, 1.165) is 23.4 Å². The lowest BCUT2D eigenvalue weighted by atomic mass is 10.1. The van der Waals surface area contributed by atoms with E-state index in [1.807, 2.05) is 39.1 Å². The van der Waals surface area contributed by atoms with E-state index in [9.17, 15) is 4.79 Å². The first-order valence-corrected chi connectivity index (χ1v) is 7.86. The van der Waals surface area contributed by atoms with Crippen LogP contribution in [0.1, 0.15) is 31.9 Å². The van der Waals surface area contributed by atoms with Gasteiger partial charge in [-0.1, -0.05) is 24.8 Å². The van der Waals surface area contributed by atoms with Gasteiger partial charge in [-0.05, 0) is 38.0 Å². The molecule has 0 heterocycles. The Morgan fingerprint density at radius 2 is 2.18 bits per heavy atom. The molecular weight excluding hydrogens is 276 g/mol. The SMILES string of the molecule is C=Cc1ccc(CC(=O)NCC(C)OCC)cc1N(C)CC. The first-order valence-electron chi connectivity index (χ1n) is 7.86. The summed E-state index contributed by atoms with van der Waals surface area (Å²) < 4.78 is 5.41. The molecule has 0 saturated carbocycles. The smallest absolute Gasteiger partial charge is 0.224 e. The monoisotopic (exact) mass is 304 g/mol. The van der Waals surface area contributed by atoms with Crippen molar-refractivity contribution >= 4 is 17.7 Å². The van der Waals surface area contributed by atoms with Crippen molar-refractivity contribution in [2.24, 2.45) is 0 Å². The topological polar surface area (TPSA) is 41.6 Å². The Balaban J connectivity index is 2.69. The molecule has 1 rings (SSSR count). The predicted molar refractivity (Wildman–Crippen MR) is 93.3 cm³/mol. The molecule has 1 atom stereocenters. The van der Waals surface area contributed by atoms with Gasteiger partial charge in [0.15, 0.2) is 0 Å². The van der Waals surface area contributed by atoms with Gasteiger partial charge in [0.25, 0.3) is 0 Å². The maximum atomic E-state index is 12.0. The minimum absolute atomic E-state index is 0.0167. The molecule has 0 aliphatic rings. The van der Waals surface area contributed by atoms with Gasteiger partial charge in [-0.2, -0.15) is 0 Å². The fourth-order valence-electron chi connectivity index (χ4n) is 2.22. The second kappa shape index (κ2) is 9.26. The summed E-state index contributed by atoms with van der Waals surface area (Å²) in [7, 11) is 2.04. The van der Waals surface area contributed by atoms with Crippen molar-refractivity contribution in [2.45, 2.75) is 33.3 Å². The van der Waals surface area contributed by atoms with Gasteiger partial charge in [0, 0.05) is 32.4 Å². The molecule has 1 amide bonds. The summed E-state index contributed by atoms with van der Waals surface area (Å²) in [6.45, 7) is 12.0. The third-order valence-corrected chi connectivity index (χ3v) is 3.60. The van der Waals surface area contributed by atoms with Crippen molar-refractivity contribution in [3.05, 3.63) is 35.9 Å². The predicted octanol–water partition coefficient (Wildman–Crippen LogP) is 2.87. The van der Waals surface area contributed by atoms with Gasteiger partial charge < -0.3 is 15.0 Å². The van der Waals surface area contributed by atoms with Gasteiger partial charge in [-0.3, -0.25) is 4.79 Å². The maximum absolute atomic E-state index is 12.0. The number of carbonyl (C=O) groups excluding carboxylic acids is 1. The molecule has 1 N–H and O–H groups in total. The van der Waals surface area contributed by atoms with Crippen LogP contribution in [0.4, 0.5) is 5.69 Å². The second-order valence-corrected chi connectivity index (χ2v) is 5.36. The fraction of sp³-hybridized carbons (Fsp3) is 0.500. The molecule has 0 saturated heterocycles. The van der Waals surface area contributed by atoms with Crippen molar-refractivity contribution in [3.63, 3.8) is 0 Å². The maximum Gasteiger partial charge on any atom is 0.224 e. The molecule has 4 nitrogen and oxygen atoms in total. The highest BCUT2D eigenvalue weighted by atomic mass is 16.5. The Labute approximate surface area is 134 Å². The van der Waals surface area contributed by atoms with Crippen molar-refractivity contribution < 1.29 is 9.53 Å². The quantitative estimate of drug-likeness (QED) is 0.763. The number of hydrogen-bond donors (Lipinski definition) is 1. The number of ether oxygens (including phenoxy) is 1. The normalized spacial score (nSPS) is 11.8. The summed E-state index contributed by atoms with van der Waals surface area (Å²) in [5, 5.41) is 2.91. The standard InChI is InChI=1S/C18H28N2O2/c1-6-16-10-9-15(11-17(16)20(5)7-2)12-18(21)19-13-14(4)22-8-3/h6,9-11,14H,1,7-8,12-13H2,2-5H3,(H,19,21). The first-order chi connectivity index (χ1) is 10.5. The lowest BCUT2D eigenvalue weighted by Gasteiger charge is -2.20. The molecule has 0 aromatic heterocycles. The van der Waals surface area contributed by atoms with Crippen LogP contribution in [0.2, 0.25) is 0 Å². The molecule has 0 aliphatic heterocycles. The van der Waals surface area contributed by atoms with E-state index < -0.39 is 0 Å². The Bertz CT molecular complexity index is 500. The second-order valence-electron chi connectivity index (χ2n) is 5.36. The van der Waals surface area contributed by atoms with Crippen LogP contribution in [0.3, 0.4) is 0 Å². The van der Waals surface area contributed by atoms with Crippen molar-refractivity contribution in [1.82, 2.24) is 5.32 Å². The molecule has 1 aromatic carbocycles. The van der Waals surface area contributed by atoms with Gasteiger partial charge in [0.05, 0.1) is 12.5 Å². The number of hydrogen-bond acceptors (Lipinski definition) is 3. The van der Waals surface area contributed by atoms with E-state index in [-0.39, 0.29) is 12.0 Å². The molecule has 0 spiro atoms. The van der Waals surface area contributed by atoms with Gasteiger partial charge >= 0.3 is 0 Å². The van der Waals surface area contributed by atoms with E-state index in [2.05, 4.69) is 29.8 Å². The Hall–Kier alpha value is -1.81. The summed E-state index contributed by atoms with van der Waals surface area (Å²) in [6, 6.07) is 6.06. The largest absolute Gasteiger partial charge is 0.377 e. The summed E-state index contributed by atoms with van der Waals surface area (Å²) in [4.78, 5) is 14.2. The van der Waals surface area contributed by atoms with E-state index in [1.165, 1.54) is 0 Å². The van der Waals surface area contributed by atoms with Crippen LogP contribution in [0.15, 0.2) is 24.8 Å². The van der Waals surface area contributed by atoms with Gasteiger partial charge in [-0.15, -0.1) is 0 Å². The van der Waals surface area contributed by atoms with Gasteiger partial charge in [0.1, 0.15) is 0 Å². The van der Waals surface area contributed by atoms with Crippen LogP contribution >= 0.6 is 0 Å². The number of nitrogens with one attached hydrogen (secondary N) is 1. The minimum atomic E-state index is 0.0167. The highest BCUT2D eigenvalue weighted by Gasteiger charge is 2.09. The lowest BCUT2D eigenvalue weighted by molar-refractivity contribution is -0.121. The Morgan fingerprint density at radius 1 is 1.45 bits per heavy atom. The lowest BCUT2D eigenvalue weighted by Crippen LogP contribution is -2.33. The van der Waals surface area contributed by atoms with Crippen LogP contribution in [0, 0.1) is 0 Å². The zero-order chi connectivity index (χ0) is 16.5. The molecule has 0 bridgehead atoms. The highest BCUT2D eigenvalue weighted by molar-refractivity contribution is 5.79. The van der Waals surface area contributed by atoms with Crippen LogP contribution in [0.25, 0.3) is 6.08 Å². The molecule has 122 valence electrons. The third-order valence-electron chi connectivity index (χ3n) is 3.60. The van der Waals surface area contributed by atoms with E-state index in [1.54, 1.807) is 0 Å². The van der Waals surface area contributed by atoms with Crippen LogP contribution in [0.5, 0.6) is 0 Å². The average molecular weight is 304 g/mol. The third kappa shape index (κ3) is 5.53. The zero-order valence-corrected chi connectivity index (χ0v) is 14.2.